The van der Waals surface area contributed by atoms with Crippen molar-refractivity contribution in [3.05, 3.63) is 36.2 Å². The van der Waals surface area contributed by atoms with Crippen LogP contribution in [0, 0.1) is 0 Å². The van der Waals surface area contributed by atoms with E-state index in [1.54, 1.807) is 9.36 Å². The Bertz CT molecular complexity index is 818. The van der Waals surface area contributed by atoms with Crippen LogP contribution in [0.25, 0.3) is 5.69 Å². The summed E-state index contributed by atoms with van der Waals surface area (Å²) in [5, 5.41) is 24.0. The van der Waals surface area contributed by atoms with E-state index in [1.807, 2.05) is 37.4 Å². The van der Waals surface area contributed by atoms with E-state index >= 15 is 0 Å². The standard InChI is InChI=1S/C15H20N10/c1-12(14-16-18-20-22(14)2)23-8-10-24(11-9-23)15-17-19-21-25(15)13-6-4-3-5-7-13/h3-7,12H,8-11H2,1-2H3/t12-/m1/s1. The van der Waals surface area contributed by atoms with Crippen molar-refractivity contribution in [2.75, 3.05) is 31.1 Å². The second kappa shape index (κ2) is 6.55. The number of benzene rings is 1. The van der Waals surface area contributed by atoms with Crippen LogP contribution in [-0.4, -0.2) is 71.5 Å². The number of anilines is 1. The van der Waals surface area contributed by atoms with Gasteiger partial charge in [0.05, 0.1) is 11.7 Å². The van der Waals surface area contributed by atoms with Crippen molar-refractivity contribution in [1.29, 1.82) is 0 Å². The van der Waals surface area contributed by atoms with Crippen LogP contribution in [0.3, 0.4) is 0 Å². The number of nitrogens with zero attached hydrogens (tertiary/aromatic N) is 10. The molecule has 2 aromatic heterocycles. The molecule has 0 N–H and O–H groups in total. The number of hydrogen-bond donors (Lipinski definition) is 0. The van der Waals surface area contributed by atoms with Gasteiger partial charge in [0.1, 0.15) is 0 Å². The summed E-state index contributed by atoms with van der Waals surface area (Å²) < 4.78 is 3.51. The van der Waals surface area contributed by atoms with Gasteiger partial charge in [0.15, 0.2) is 5.82 Å². The average Bonchev–Trinajstić information content (AvgIpc) is 3.31. The van der Waals surface area contributed by atoms with E-state index in [4.69, 9.17) is 0 Å². The van der Waals surface area contributed by atoms with E-state index in [0.29, 0.717) is 0 Å². The van der Waals surface area contributed by atoms with Crippen LogP contribution in [0.5, 0.6) is 0 Å². The number of rotatable bonds is 4. The van der Waals surface area contributed by atoms with Gasteiger partial charge in [0.25, 0.3) is 0 Å². The average molecular weight is 340 g/mol. The highest BCUT2D eigenvalue weighted by molar-refractivity contribution is 5.40. The summed E-state index contributed by atoms with van der Waals surface area (Å²) in [7, 11) is 1.87. The van der Waals surface area contributed by atoms with Gasteiger partial charge in [0, 0.05) is 33.2 Å². The van der Waals surface area contributed by atoms with Gasteiger partial charge in [-0.1, -0.05) is 23.3 Å². The van der Waals surface area contributed by atoms with Crippen LogP contribution in [0.4, 0.5) is 5.95 Å². The number of aryl methyl sites for hydroxylation is 1. The predicted molar refractivity (Wildman–Crippen MR) is 90.2 cm³/mol. The quantitative estimate of drug-likeness (QED) is 0.659. The summed E-state index contributed by atoms with van der Waals surface area (Å²) in [5.74, 6) is 1.65. The van der Waals surface area contributed by atoms with Crippen LogP contribution >= 0.6 is 0 Å². The molecule has 0 saturated carbocycles. The Labute approximate surface area is 145 Å². The number of piperazine rings is 1. The summed E-state index contributed by atoms with van der Waals surface area (Å²) in [6, 6.07) is 10.1. The fraction of sp³-hybridized carbons (Fsp3) is 0.467. The normalized spacial score (nSPS) is 17.0. The van der Waals surface area contributed by atoms with Crippen LogP contribution in [-0.2, 0) is 7.05 Å². The molecule has 0 radical (unpaired) electrons. The molecule has 3 aromatic rings. The van der Waals surface area contributed by atoms with E-state index in [2.05, 4.69) is 47.8 Å². The molecule has 1 aromatic carbocycles. The third-order valence-electron chi connectivity index (χ3n) is 4.63. The van der Waals surface area contributed by atoms with E-state index < -0.39 is 0 Å². The SMILES string of the molecule is C[C@H](c1nnnn1C)N1CCN(c2nnnn2-c2ccccc2)CC1. The highest BCUT2D eigenvalue weighted by Crippen LogP contribution is 2.22. The number of aromatic nitrogens is 8. The third-order valence-corrected chi connectivity index (χ3v) is 4.63. The molecule has 0 aliphatic carbocycles. The fourth-order valence-corrected chi connectivity index (χ4v) is 3.18. The first kappa shape index (κ1) is 15.6. The van der Waals surface area contributed by atoms with Crippen molar-refractivity contribution >= 4 is 5.95 Å². The lowest BCUT2D eigenvalue weighted by molar-refractivity contribution is 0.187. The lowest BCUT2D eigenvalue weighted by Gasteiger charge is -2.37. The molecule has 3 heterocycles. The highest BCUT2D eigenvalue weighted by atomic mass is 15.6. The first-order valence-electron chi connectivity index (χ1n) is 8.29. The third kappa shape index (κ3) is 2.95. The molecule has 10 heteroatoms. The minimum absolute atomic E-state index is 0.173. The summed E-state index contributed by atoms with van der Waals surface area (Å²) >= 11 is 0. The van der Waals surface area contributed by atoms with Crippen molar-refractivity contribution in [2.24, 2.45) is 7.05 Å². The summed E-state index contributed by atoms with van der Waals surface area (Å²) in [5.41, 5.74) is 0.962. The fourth-order valence-electron chi connectivity index (χ4n) is 3.18. The topological polar surface area (TPSA) is 93.7 Å². The van der Waals surface area contributed by atoms with Gasteiger partial charge in [-0.15, -0.1) is 5.10 Å². The number of hydrogen-bond acceptors (Lipinski definition) is 8. The van der Waals surface area contributed by atoms with Crippen LogP contribution in [0.15, 0.2) is 30.3 Å². The van der Waals surface area contributed by atoms with Gasteiger partial charge in [-0.25, -0.2) is 4.68 Å². The Kier molecular flexibility index (Phi) is 4.10. The first-order chi connectivity index (χ1) is 12.2. The lowest BCUT2D eigenvalue weighted by atomic mass is 10.2. The molecule has 1 fully saturated rings. The number of tetrazole rings is 2. The molecule has 0 bridgehead atoms. The zero-order valence-corrected chi connectivity index (χ0v) is 14.3. The molecule has 10 nitrogen and oxygen atoms in total. The van der Waals surface area contributed by atoms with Gasteiger partial charge in [-0.05, 0) is 39.9 Å². The minimum Gasteiger partial charge on any atom is -0.337 e. The van der Waals surface area contributed by atoms with Crippen molar-refractivity contribution < 1.29 is 0 Å². The molecule has 1 aliphatic rings. The van der Waals surface area contributed by atoms with Gasteiger partial charge < -0.3 is 4.90 Å². The maximum atomic E-state index is 4.22. The van der Waals surface area contributed by atoms with E-state index in [9.17, 15) is 0 Å². The van der Waals surface area contributed by atoms with Gasteiger partial charge >= 0.3 is 0 Å². The maximum Gasteiger partial charge on any atom is 0.250 e. The molecule has 1 aliphatic heterocycles. The van der Waals surface area contributed by atoms with Gasteiger partial charge in [-0.2, -0.15) is 4.68 Å². The maximum absolute atomic E-state index is 4.22. The molecular formula is C15H20N10. The lowest BCUT2D eigenvalue weighted by Crippen LogP contribution is -2.48. The van der Waals surface area contributed by atoms with Crippen molar-refractivity contribution in [1.82, 2.24) is 45.3 Å². The molecule has 4 rings (SSSR count). The van der Waals surface area contributed by atoms with E-state index in [1.165, 1.54) is 0 Å². The van der Waals surface area contributed by atoms with Crippen LogP contribution < -0.4 is 4.90 Å². The second-order valence-corrected chi connectivity index (χ2v) is 6.09. The largest absolute Gasteiger partial charge is 0.337 e. The Morgan fingerprint density at radius 3 is 2.32 bits per heavy atom. The van der Waals surface area contributed by atoms with Gasteiger partial charge in [-0.3, -0.25) is 4.90 Å². The van der Waals surface area contributed by atoms with Crippen LogP contribution in [0.1, 0.15) is 18.8 Å². The molecule has 0 amide bonds. The molecular weight excluding hydrogens is 320 g/mol. The Balaban J connectivity index is 1.47. The highest BCUT2D eigenvalue weighted by Gasteiger charge is 2.27. The molecule has 0 unspecified atom stereocenters. The van der Waals surface area contributed by atoms with Crippen molar-refractivity contribution in [3.63, 3.8) is 0 Å². The van der Waals surface area contributed by atoms with Crippen molar-refractivity contribution in [3.8, 4) is 5.69 Å². The molecule has 0 spiro atoms. The molecule has 1 saturated heterocycles. The monoisotopic (exact) mass is 340 g/mol. The minimum atomic E-state index is 0.173. The second-order valence-electron chi connectivity index (χ2n) is 6.09. The summed E-state index contributed by atoms with van der Waals surface area (Å²) in [6.45, 7) is 5.63. The molecule has 130 valence electrons. The first-order valence-corrected chi connectivity index (χ1v) is 8.29. The Hall–Kier alpha value is -2.88. The van der Waals surface area contributed by atoms with E-state index in [-0.39, 0.29) is 6.04 Å². The van der Waals surface area contributed by atoms with Gasteiger partial charge in [0.2, 0.25) is 5.95 Å². The van der Waals surface area contributed by atoms with E-state index in [0.717, 1.165) is 43.6 Å². The smallest absolute Gasteiger partial charge is 0.250 e. The zero-order chi connectivity index (χ0) is 17.2. The zero-order valence-electron chi connectivity index (χ0n) is 14.3. The summed E-state index contributed by atoms with van der Waals surface area (Å²) in [6.07, 6.45) is 0. The molecule has 25 heavy (non-hydrogen) atoms. The van der Waals surface area contributed by atoms with Crippen molar-refractivity contribution in [2.45, 2.75) is 13.0 Å². The van der Waals surface area contributed by atoms with Crippen LogP contribution in [0.2, 0.25) is 0 Å². The Morgan fingerprint density at radius 2 is 1.64 bits per heavy atom. The predicted octanol–water partition coefficient (Wildman–Crippen LogP) is 0.0690. The summed E-state index contributed by atoms with van der Waals surface area (Å²) in [4.78, 5) is 4.59. The molecule has 1 atom stereocenters. The number of para-hydroxylation sites is 1. The Morgan fingerprint density at radius 1 is 0.920 bits per heavy atom.